The first-order chi connectivity index (χ1) is 12.2. The first-order valence-electron chi connectivity index (χ1n) is 7.48. The van der Waals surface area contributed by atoms with Crippen molar-refractivity contribution < 1.29 is 26.3 Å². The zero-order valence-electron chi connectivity index (χ0n) is 13.5. The van der Waals surface area contributed by atoms with Crippen LogP contribution in [0.5, 0.6) is 5.75 Å². The zero-order valence-corrected chi connectivity index (χ0v) is 14.4. The van der Waals surface area contributed by atoms with Crippen molar-refractivity contribution in [3.8, 4) is 5.75 Å². The summed E-state index contributed by atoms with van der Waals surface area (Å²) in [5.74, 6) is -0.0122. The molecular formula is C18H14F3NO3S. The molecule has 0 aliphatic rings. The van der Waals surface area contributed by atoms with Crippen LogP contribution in [-0.2, 0) is 16.2 Å². The number of rotatable bonds is 4. The van der Waals surface area contributed by atoms with Gasteiger partial charge in [-0.2, -0.15) is 13.2 Å². The number of sulfonamides is 1. The standard InChI is InChI=1S/C18H14F3NO3S/c1-25-16-10-9-13(18(19,20)21)11-15(16)22-26(23,24)17-8-4-6-12-5-2-3-7-14(12)17/h2-11,22H,1H3. The SMILES string of the molecule is COc1ccc(C(F)(F)F)cc1NS(=O)(=O)c1cccc2ccccc12. The Morgan fingerprint density at radius 3 is 2.35 bits per heavy atom. The molecule has 3 aromatic carbocycles. The van der Waals surface area contributed by atoms with Gasteiger partial charge in [-0.25, -0.2) is 8.42 Å². The number of nitrogens with one attached hydrogen (secondary N) is 1. The van der Waals surface area contributed by atoms with Crippen LogP contribution in [0.3, 0.4) is 0 Å². The summed E-state index contributed by atoms with van der Waals surface area (Å²) in [7, 11) is -2.88. The van der Waals surface area contributed by atoms with Crippen molar-refractivity contribution in [1.29, 1.82) is 0 Å². The highest BCUT2D eigenvalue weighted by Crippen LogP contribution is 2.36. The Bertz CT molecular complexity index is 1060. The number of methoxy groups -OCH3 is 1. The molecule has 0 fully saturated rings. The molecule has 0 heterocycles. The smallest absolute Gasteiger partial charge is 0.416 e. The van der Waals surface area contributed by atoms with Gasteiger partial charge >= 0.3 is 6.18 Å². The van der Waals surface area contributed by atoms with E-state index in [1.165, 1.54) is 13.2 Å². The average Bonchev–Trinajstić information content (AvgIpc) is 2.60. The van der Waals surface area contributed by atoms with E-state index in [1.807, 2.05) is 0 Å². The van der Waals surface area contributed by atoms with Gasteiger partial charge in [0.2, 0.25) is 0 Å². The number of ether oxygens (including phenoxy) is 1. The normalized spacial score (nSPS) is 12.2. The van der Waals surface area contributed by atoms with Gasteiger partial charge in [0.15, 0.2) is 0 Å². The summed E-state index contributed by atoms with van der Waals surface area (Å²) in [5.41, 5.74) is -1.26. The molecule has 0 aromatic heterocycles. The van der Waals surface area contributed by atoms with E-state index in [-0.39, 0.29) is 16.3 Å². The van der Waals surface area contributed by atoms with Crippen LogP contribution in [0.25, 0.3) is 10.8 Å². The second kappa shape index (κ2) is 6.53. The van der Waals surface area contributed by atoms with Crippen molar-refractivity contribution in [3.05, 3.63) is 66.2 Å². The molecule has 0 saturated carbocycles. The van der Waals surface area contributed by atoms with E-state index in [2.05, 4.69) is 4.72 Å². The second-order valence-electron chi connectivity index (χ2n) is 5.50. The quantitative estimate of drug-likeness (QED) is 0.715. The van der Waals surface area contributed by atoms with Gasteiger partial charge in [-0.3, -0.25) is 4.72 Å². The van der Waals surface area contributed by atoms with Gasteiger partial charge in [0, 0.05) is 5.39 Å². The van der Waals surface area contributed by atoms with Crippen LogP contribution in [0.2, 0.25) is 0 Å². The van der Waals surface area contributed by atoms with E-state index in [9.17, 15) is 21.6 Å². The number of fused-ring (bicyclic) bond motifs is 1. The number of hydrogen-bond acceptors (Lipinski definition) is 3. The van der Waals surface area contributed by atoms with Crippen molar-refractivity contribution in [3.63, 3.8) is 0 Å². The Hall–Kier alpha value is -2.74. The average molecular weight is 381 g/mol. The summed E-state index contributed by atoms with van der Waals surface area (Å²) in [6, 6.07) is 14.2. The Kier molecular flexibility index (Phi) is 4.53. The summed E-state index contributed by atoms with van der Waals surface area (Å²) >= 11 is 0. The van der Waals surface area contributed by atoms with Gasteiger partial charge in [-0.05, 0) is 29.7 Å². The van der Waals surface area contributed by atoms with Crippen LogP contribution in [0, 0.1) is 0 Å². The highest BCUT2D eigenvalue weighted by Gasteiger charge is 2.32. The molecule has 0 spiro atoms. The Morgan fingerprint density at radius 1 is 0.962 bits per heavy atom. The highest BCUT2D eigenvalue weighted by molar-refractivity contribution is 7.93. The monoisotopic (exact) mass is 381 g/mol. The molecule has 0 aliphatic heterocycles. The number of halogens is 3. The van der Waals surface area contributed by atoms with Gasteiger partial charge in [-0.15, -0.1) is 0 Å². The van der Waals surface area contributed by atoms with E-state index >= 15 is 0 Å². The molecule has 26 heavy (non-hydrogen) atoms. The van der Waals surface area contributed by atoms with E-state index < -0.39 is 21.8 Å². The second-order valence-corrected chi connectivity index (χ2v) is 7.15. The Morgan fingerprint density at radius 2 is 1.65 bits per heavy atom. The van der Waals surface area contributed by atoms with Gasteiger partial charge in [-0.1, -0.05) is 36.4 Å². The largest absolute Gasteiger partial charge is 0.495 e. The fourth-order valence-electron chi connectivity index (χ4n) is 2.59. The fourth-order valence-corrected chi connectivity index (χ4v) is 3.89. The van der Waals surface area contributed by atoms with Crippen molar-refractivity contribution in [2.75, 3.05) is 11.8 Å². The summed E-state index contributed by atoms with van der Waals surface area (Å²) < 4.78 is 71.6. The van der Waals surface area contributed by atoms with Gasteiger partial charge in [0.1, 0.15) is 5.75 Å². The minimum atomic E-state index is -4.61. The van der Waals surface area contributed by atoms with Crippen molar-refractivity contribution in [2.45, 2.75) is 11.1 Å². The minimum absolute atomic E-state index is 0.0122. The van der Waals surface area contributed by atoms with Crippen LogP contribution in [0.1, 0.15) is 5.56 Å². The van der Waals surface area contributed by atoms with E-state index in [0.717, 1.165) is 12.1 Å². The Labute approximate surface area is 148 Å². The van der Waals surface area contributed by atoms with Gasteiger partial charge < -0.3 is 4.74 Å². The highest BCUT2D eigenvalue weighted by atomic mass is 32.2. The van der Waals surface area contributed by atoms with Crippen molar-refractivity contribution in [2.24, 2.45) is 0 Å². The van der Waals surface area contributed by atoms with Crippen molar-refractivity contribution >= 4 is 26.5 Å². The number of alkyl halides is 3. The third-order valence-electron chi connectivity index (χ3n) is 3.81. The lowest BCUT2D eigenvalue weighted by Crippen LogP contribution is -2.15. The predicted molar refractivity (Wildman–Crippen MR) is 92.8 cm³/mol. The lowest BCUT2D eigenvalue weighted by Gasteiger charge is -2.15. The summed E-state index contributed by atoms with van der Waals surface area (Å²) in [4.78, 5) is -0.0323. The maximum atomic E-state index is 12.9. The maximum absolute atomic E-state index is 12.9. The third kappa shape index (κ3) is 3.45. The zero-order chi connectivity index (χ0) is 18.9. The van der Waals surface area contributed by atoms with Crippen LogP contribution < -0.4 is 9.46 Å². The summed E-state index contributed by atoms with van der Waals surface area (Å²) in [5, 5.41) is 1.17. The number of benzene rings is 3. The first-order valence-corrected chi connectivity index (χ1v) is 8.96. The molecule has 3 aromatic rings. The molecule has 0 unspecified atom stereocenters. The van der Waals surface area contributed by atoms with E-state index in [0.29, 0.717) is 16.8 Å². The predicted octanol–water partition coefficient (Wildman–Crippen LogP) is 4.67. The van der Waals surface area contributed by atoms with Gasteiger partial charge in [0.25, 0.3) is 10.0 Å². The van der Waals surface area contributed by atoms with E-state index in [1.54, 1.807) is 36.4 Å². The lowest BCUT2D eigenvalue weighted by atomic mass is 10.1. The van der Waals surface area contributed by atoms with Crippen molar-refractivity contribution in [1.82, 2.24) is 0 Å². The van der Waals surface area contributed by atoms with Crippen LogP contribution >= 0.6 is 0 Å². The topological polar surface area (TPSA) is 55.4 Å². The minimum Gasteiger partial charge on any atom is -0.495 e. The molecule has 0 aliphatic carbocycles. The van der Waals surface area contributed by atoms with E-state index in [4.69, 9.17) is 4.74 Å². The van der Waals surface area contributed by atoms with Gasteiger partial charge in [0.05, 0.1) is 23.3 Å². The molecular weight excluding hydrogens is 367 g/mol. The Balaban J connectivity index is 2.10. The molecule has 0 bridgehead atoms. The molecule has 8 heteroatoms. The molecule has 1 N–H and O–H groups in total. The number of hydrogen-bond donors (Lipinski definition) is 1. The molecule has 136 valence electrons. The maximum Gasteiger partial charge on any atom is 0.416 e. The fraction of sp³-hybridized carbons (Fsp3) is 0.111. The van der Waals surface area contributed by atoms with Crippen LogP contribution in [-0.4, -0.2) is 15.5 Å². The molecule has 0 saturated heterocycles. The number of anilines is 1. The molecule has 3 rings (SSSR count). The molecule has 0 radical (unpaired) electrons. The summed E-state index contributed by atoms with van der Waals surface area (Å²) in [6.07, 6.45) is -4.61. The molecule has 0 amide bonds. The molecule has 4 nitrogen and oxygen atoms in total. The van der Waals surface area contributed by atoms with Crippen LogP contribution in [0.15, 0.2) is 65.6 Å². The lowest BCUT2D eigenvalue weighted by molar-refractivity contribution is -0.137. The summed E-state index contributed by atoms with van der Waals surface area (Å²) in [6.45, 7) is 0. The first kappa shape index (κ1) is 18.1. The third-order valence-corrected chi connectivity index (χ3v) is 5.23. The molecule has 0 atom stereocenters. The van der Waals surface area contributed by atoms with Crippen LogP contribution in [0.4, 0.5) is 18.9 Å².